The Morgan fingerprint density at radius 1 is 1.36 bits per heavy atom. The Kier molecular flexibility index (Phi) is 4.27. The average molecular weight is 302 g/mol. The Hall–Kier alpha value is -2.11. The lowest BCUT2D eigenvalue weighted by molar-refractivity contribution is -0.123. The van der Waals surface area contributed by atoms with Gasteiger partial charge < -0.3 is 15.1 Å². The van der Waals surface area contributed by atoms with Crippen LogP contribution in [0.5, 0.6) is 0 Å². The number of aromatic nitrogens is 1. The first-order valence-electron chi connectivity index (χ1n) is 7.90. The molecule has 2 aliphatic heterocycles. The molecule has 1 N–H and O–H groups in total. The van der Waals surface area contributed by atoms with Gasteiger partial charge in [-0.25, -0.2) is 4.98 Å². The summed E-state index contributed by atoms with van der Waals surface area (Å²) in [5, 5.41) is 2.72. The van der Waals surface area contributed by atoms with Crippen LogP contribution in [0.4, 0.5) is 5.82 Å². The Balaban J connectivity index is 1.68. The topological polar surface area (TPSA) is 65.5 Å². The predicted octanol–water partition coefficient (Wildman–Crippen LogP) is 0.890. The van der Waals surface area contributed by atoms with E-state index < -0.39 is 0 Å². The first-order valence-corrected chi connectivity index (χ1v) is 7.90. The van der Waals surface area contributed by atoms with Crippen LogP contribution in [0, 0.1) is 5.92 Å². The molecule has 22 heavy (non-hydrogen) atoms. The van der Waals surface area contributed by atoms with Crippen LogP contribution in [0.1, 0.15) is 30.1 Å². The number of pyridine rings is 1. The van der Waals surface area contributed by atoms with Gasteiger partial charge in [0.25, 0.3) is 5.91 Å². The van der Waals surface area contributed by atoms with Crippen molar-refractivity contribution >= 4 is 17.6 Å². The zero-order valence-electron chi connectivity index (χ0n) is 12.9. The van der Waals surface area contributed by atoms with E-state index in [4.69, 9.17) is 0 Å². The van der Waals surface area contributed by atoms with Crippen LogP contribution in [0.3, 0.4) is 0 Å². The minimum atomic E-state index is -0.124. The summed E-state index contributed by atoms with van der Waals surface area (Å²) in [4.78, 5) is 32.0. The number of carbonyl (C=O) groups is 2. The Bertz CT molecular complexity index is 558. The van der Waals surface area contributed by atoms with Crippen molar-refractivity contribution in [2.45, 2.75) is 19.8 Å². The molecule has 3 rings (SSSR count). The molecule has 0 aliphatic carbocycles. The highest BCUT2D eigenvalue weighted by Crippen LogP contribution is 2.21. The van der Waals surface area contributed by atoms with Crippen molar-refractivity contribution in [1.82, 2.24) is 15.2 Å². The van der Waals surface area contributed by atoms with E-state index in [1.807, 2.05) is 12.1 Å². The van der Waals surface area contributed by atoms with Crippen molar-refractivity contribution in [3.8, 4) is 0 Å². The lowest BCUT2D eigenvalue weighted by Crippen LogP contribution is -2.50. The SMILES string of the molecule is C[C@@H]1CCCN(c2ccc(C(=O)N3CCNC(=O)C3)cn2)C1. The molecule has 6 heteroatoms. The number of hydrogen-bond acceptors (Lipinski definition) is 4. The van der Waals surface area contributed by atoms with E-state index in [2.05, 4.69) is 22.1 Å². The first kappa shape index (κ1) is 14.8. The number of anilines is 1. The molecule has 1 aromatic rings. The van der Waals surface area contributed by atoms with Gasteiger partial charge in [-0.3, -0.25) is 9.59 Å². The van der Waals surface area contributed by atoms with Gasteiger partial charge in [-0.1, -0.05) is 6.92 Å². The Labute approximate surface area is 130 Å². The van der Waals surface area contributed by atoms with Crippen molar-refractivity contribution in [2.24, 2.45) is 5.92 Å². The van der Waals surface area contributed by atoms with Crippen LogP contribution in [0.15, 0.2) is 18.3 Å². The predicted molar refractivity (Wildman–Crippen MR) is 83.8 cm³/mol. The summed E-state index contributed by atoms with van der Waals surface area (Å²) in [5.41, 5.74) is 0.545. The van der Waals surface area contributed by atoms with Crippen LogP contribution in [-0.4, -0.2) is 54.4 Å². The number of carbonyl (C=O) groups excluding carboxylic acids is 2. The third-order valence-corrected chi connectivity index (χ3v) is 4.30. The maximum absolute atomic E-state index is 12.4. The lowest BCUT2D eigenvalue weighted by atomic mass is 10.0. The van der Waals surface area contributed by atoms with Crippen LogP contribution < -0.4 is 10.2 Å². The molecule has 0 bridgehead atoms. The summed E-state index contributed by atoms with van der Waals surface area (Å²) in [5.74, 6) is 1.38. The maximum atomic E-state index is 12.4. The van der Waals surface area contributed by atoms with Gasteiger partial charge in [0.1, 0.15) is 5.82 Å². The number of piperidine rings is 1. The van der Waals surface area contributed by atoms with Crippen molar-refractivity contribution in [3.05, 3.63) is 23.9 Å². The highest BCUT2D eigenvalue weighted by Gasteiger charge is 2.23. The maximum Gasteiger partial charge on any atom is 0.255 e. The van der Waals surface area contributed by atoms with Gasteiger partial charge >= 0.3 is 0 Å². The summed E-state index contributed by atoms with van der Waals surface area (Å²) in [6.45, 7) is 5.50. The van der Waals surface area contributed by atoms with Gasteiger partial charge in [-0.15, -0.1) is 0 Å². The van der Waals surface area contributed by atoms with Crippen molar-refractivity contribution in [3.63, 3.8) is 0 Å². The normalized spacial score (nSPS) is 22.4. The highest BCUT2D eigenvalue weighted by atomic mass is 16.2. The van der Waals surface area contributed by atoms with E-state index >= 15 is 0 Å². The molecule has 0 saturated carbocycles. The fourth-order valence-electron chi connectivity index (χ4n) is 3.09. The zero-order valence-corrected chi connectivity index (χ0v) is 12.9. The number of nitrogens with one attached hydrogen (secondary N) is 1. The van der Waals surface area contributed by atoms with Crippen LogP contribution in [-0.2, 0) is 4.79 Å². The van der Waals surface area contributed by atoms with E-state index in [1.54, 1.807) is 11.1 Å². The zero-order chi connectivity index (χ0) is 15.5. The fourth-order valence-corrected chi connectivity index (χ4v) is 3.09. The van der Waals surface area contributed by atoms with Crippen LogP contribution >= 0.6 is 0 Å². The summed E-state index contributed by atoms with van der Waals surface area (Å²) in [6.07, 6.45) is 4.08. The molecule has 0 unspecified atom stereocenters. The highest BCUT2D eigenvalue weighted by molar-refractivity contribution is 5.96. The minimum absolute atomic E-state index is 0.105. The van der Waals surface area contributed by atoms with Crippen LogP contribution in [0.25, 0.3) is 0 Å². The van der Waals surface area contributed by atoms with Gasteiger partial charge in [0.2, 0.25) is 5.91 Å². The molecule has 1 atom stereocenters. The molecule has 118 valence electrons. The van der Waals surface area contributed by atoms with Gasteiger partial charge in [0, 0.05) is 32.4 Å². The molecule has 2 saturated heterocycles. The van der Waals surface area contributed by atoms with Gasteiger partial charge in [-0.05, 0) is 30.9 Å². The lowest BCUT2D eigenvalue weighted by Gasteiger charge is -2.32. The van der Waals surface area contributed by atoms with E-state index in [0.717, 1.165) is 18.9 Å². The van der Waals surface area contributed by atoms with Gasteiger partial charge in [-0.2, -0.15) is 0 Å². The molecule has 2 fully saturated rings. The minimum Gasteiger partial charge on any atom is -0.356 e. The van der Waals surface area contributed by atoms with Crippen molar-refractivity contribution in [1.29, 1.82) is 0 Å². The molecule has 2 amide bonds. The van der Waals surface area contributed by atoms with Crippen molar-refractivity contribution in [2.75, 3.05) is 37.6 Å². The number of hydrogen-bond donors (Lipinski definition) is 1. The summed E-state index contributed by atoms with van der Waals surface area (Å²) in [6, 6.07) is 3.73. The molecular formula is C16H22N4O2. The third kappa shape index (κ3) is 3.21. The quantitative estimate of drug-likeness (QED) is 0.881. The third-order valence-electron chi connectivity index (χ3n) is 4.30. The molecule has 0 aromatic carbocycles. The fraction of sp³-hybridized carbons (Fsp3) is 0.562. The number of piperazine rings is 1. The number of nitrogens with zero attached hydrogens (tertiary/aromatic N) is 3. The second kappa shape index (κ2) is 6.34. The van der Waals surface area contributed by atoms with Gasteiger partial charge in [0.05, 0.1) is 12.1 Å². The Morgan fingerprint density at radius 3 is 2.91 bits per heavy atom. The molecule has 0 radical (unpaired) electrons. The molecule has 2 aliphatic rings. The summed E-state index contributed by atoms with van der Waals surface area (Å²) in [7, 11) is 0. The second-order valence-electron chi connectivity index (χ2n) is 6.18. The average Bonchev–Trinajstić information content (AvgIpc) is 2.54. The van der Waals surface area contributed by atoms with E-state index in [1.165, 1.54) is 12.8 Å². The van der Waals surface area contributed by atoms with Crippen LogP contribution in [0.2, 0.25) is 0 Å². The summed E-state index contributed by atoms with van der Waals surface area (Å²) < 4.78 is 0. The molecular weight excluding hydrogens is 280 g/mol. The smallest absolute Gasteiger partial charge is 0.255 e. The van der Waals surface area contributed by atoms with E-state index in [9.17, 15) is 9.59 Å². The standard InChI is InChI=1S/C16H22N4O2/c1-12-3-2-7-19(10-12)14-5-4-13(9-18-14)16(22)20-8-6-17-15(21)11-20/h4-5,9,12H,2-3,6-8,10-11H2,1H3,(H,17,21)/t12-/m1/s1. The van der Waals surface area contributed by atoms with Crippen molar-refractivity contribution < 1.29 is 9.59 Å². The summed E-state index contributed by atoms with van der Waals surface area (Å²) >= 11 is 0. The Morgan fingerprint density at radius 2 is 2.23 bits per heavy atom. The number of rotatable bonds is 2. The molecule has 0 spiro atoms. The number of amides is 2. The molecule has 6 nitrogen and oxygen atoms in total. The monoisotopic (exact) mass is 302 g/mol. The van der Waals surface area contributed by atoms with E-state index in [-0.39, 0.29) is 18.4 Å². The molecule has 1 aromatic heterocycles. The second-order valence-corrected chi connectivity index (χ2v) is 6.18. The van der Waals surface area contributed by atoms with Gasteiger partial charge in [0.15, 0.2) is 0 Å². The molecule has 3 heterocycles. The first-order chi connectivity index (χ1) is 10.6. The largest absolute Gasteiger partial charge is 0.356 e. The van der Waals surface area contributed by atoms with E-state index in [0.29, 0.717) is 24.6 Å².